The molecule has 1 aliphatic heterocycles. The summed E-state index contributed by atoms with van der Waals surface area (Å²) >= 11 is 0. The van der Waals surface area contributed by atoms with Crippen molar-refractivity contribution in [2.24, 2.45) is 5.73 Å². The molecular weight excluding hydrogens is 272 g/mol. The zero-order valence-electron chi connectivity index (χ0n) is 12.1. The molecule has 0 radical (unpaired) electrons. The number of benzene rings is 1. The number of nitrogens with two attached hydrogens (primary N) is 1. The quantitative estimate of drug-likeness (QED) is 0.644. The monoisotopic (exact) mass is 290 g/mol. The third-order valence-electron chi connectivity index (χ3n) is 3.61. The van der Waals surface area contributed by atoms with E-state index in [1.165, 1.54) is 12.0 Å². The predicted molar refractivity (Wildman–Crippen MR) is 75.7 cm³/mol. The lowest BCUT2D eigenvalue weighted by Crippen LogP contribution is -2.46. The number of hydrogen-bond acceptors (Lipinski definition) is 5. The minimum atomic E-state index is -1.12. The van der Waals surface area contributed by atoms with Crippen LogP contribution in [-0.4, -0.2) is 41.9 Å². The van der Waals surface area contributed by atoms with Crippen molar-refractivity contribution in [2.75, 3.05) is 13.7 Å². The van der Waals surface area contributed by atoms with Gasteiger partial charge >= 0.3 is 5.97 Å². The van der Waals surface area contributed by atoms with Gasteiger partial charge in [0.05, 0.1) is 18.2 Å². The van der Waals surface area contributed by atoms with Gasteiger partial charge in [0.15, 0.2) is 0 Å². The average molecular weight is 290 g/mol. The van der Waals surface area contributed by atoms with Crippen LogP contribution in [0, 0.1) is 0 Å². The van der Waals surface area contributed by atoms with Crippen molar-refractivity contribution in [1.29, 1.82) is 0 Å². The average Bonchev–Trinajstić information content (AvgIpc) is 2.71. The van der Waals surface area contributed by atoms with E-state index in [-0.39, 0.29) is 18.4 Å². The topological polar surface area (TPSA) is 89.7 Å². The number of rotatable bonds is 5. The highest BCUT2D eigenvalue weighted by molar-refractivity contribution is 6.21. The molecule has 0 saturated carbocycles. The lowest BCUT2D eigenvalue weighted by molar-refractivity contribution is -0.146. The van der Waals surface area contributed by atoms with Crippen LogP contribution in [0.4, 0.5) is 0 Å². The second-order valence-corrected chi connectivity index (χ2v) is 5.32. The molecule has 1 atom stereocenters. The lowest BCUT2D eigenvalue weighted by Gasteiger charge is -2.22. The van der Waals surface area contributed by atoms with Crippen LogP contribution in [0.2, 0.25) is 0 Å². The first-order chi connectivity index (χ1) is 9.88. The first-order valence-corrected chi connectivity index (χ1v) is 6.71. The largest absolute Gasteiger partial charge is 0.468 e. The summed E-state index contributed by atoms with van der Waals surface area (Å²) in [6.45, 7) is 1.80. The molecule has 0 aliphatic carbocycles. The van der Waals surface area contributed by atoms with Crippen molar-refractivity contribution < 1.29 is 19.1 Å². The summed E-state index contributed by atoms with van der Waals surface area (Å²) in [7, 11) is 1.28. The number of esters is 1. The summed E-state index contributed by atoms with van der Waals surface area (Å²) < 4.78 is 4.62. The van der Waals surface area contributed by atoms with E-state index < -0.39 is 11.5 Å². The van der Waals surface area contributed by atoms with Gasteiger partial charge in [0.1, 0.15) is 5.54 Å². The number of methoxy groups -OCH3 is 1. The smallest absolute Gasteiger partial charge is 0.325 e. The summed E-state index contributed by atoms with van der Waals surface area (Å²) in [6, 6.07) is 6.72. The van der Waals surface area contributed by atoms with E-state index in [1.54, 1.807) is 31.2 Å². The standard InChI is InChI=1S/C15H18N2O4/c1-15(16,14(20)21-2)8-5-9-17-12(18)10-6-3-4-7-11(10)13(17)19/h3-4,6-7H,5,8-9,16H2,1-2H3. The predicted octanol–water partition coefficient (Wildman–Crippen LogP) is 0.953. The van der Waals surface area contributed by atoms with Gasteiger partial charge in [0.2, 0.25) is 0 Å². The number of ether oxygens (including phenoxy) is 1. The number of imide groups is 1. The van der Waals surface area contributed by atoms with Crippen LogP contribution in [0.15, 0.2) is 24.3 Å². The number of nitrogens with zero attached hydrogens (tertiary/aromatic N) is 1. The van der Waals surface area contributed by atoms with E-state index in [2.05, 4.69) is 4.74 Å². The first-order valence-electron chi connectivity index (χ1n) is 6.71. The van der Waals surface area contributed by atoms with Gasteiger partial charge in [-0.25, -0.2) is 0 Å². The zero-order valence-corrected chi connectivity index (χ0v) is 12.1. The van der Waals surface area contributed by atoms with Crippen molar-refractivity contribution in [1.82, 2.24) is 4.90 Å². The van der Waals surface area contributed by atoms with Crippen molar-refractivity contribution in [2.45, 2.75) is 25.3 Å². The minimum absolute atomic E-state index is 0.232. The highest BCUT2D eigenvalue weighted by Gasteiger charge is 2.35. The van der Waals surface area contributed by atoms with E-state index in [9.17, 15) is 14.4 Å². The molecule has 6 nitrogen and oxygen atoms in total. The molecule has 1 aromatic rings. The summed E-state index contributed by atoms with van der Waals surface area (Å²) in [4.78, 5) is 36.9. The van der Waals surface area contributed by atoms with Gasteiger partial charge in [0.25, 0.3) is 11.8 Å². The normalized spacial score (nSPS) is 16.6. The molecule has 21 heavy (non-hydrogen) atoms. The van der Waals surface area contributed by atoms with Gasteiger partial charge in [-0.15, -0.1) is 0 Å². The second-order valence-electron chi connectivity index (χ2n) is 5.32. The van der Waals surface area contributed by atoms with Crippen LogP contribution in [0.25, 0.3) is 0 Å². The fourth-order valence-electron chi connectivity index (χ4n) is 2.38. The Bertz CT molecular complexity index is 560. The van der Waals surface area contributed by atoms with Crippen LogP contribution in [0.1, 0.15) is 40.5 Å². The van der Waals surface area contributed by atoms with Gasteiger partial charge in [-0.05, 0) is 31.9 Å². The molecule has 112 valence electrons. The summed E-state index contributed by atoms with van der Waals surface area (Å²) in [5.41, 5.74) is 5.57. The maximum atomic E-state index is 12.1. The number of fused-ring (bicyclic) bond motifs is 1. The van der Waals surface area contributed by atoms with Gasteiger partial charge in [-0.3, -0.25) is 19.3 Å². The van der Waals surface area contributed by atoms with Crippen LogP contribution in [0.5, 0.6) is 0 Å². The van der Waals surface area contributed by atoms with Gasteiger partial charge < -0.3 is 10.5 Å². The number of hydrogen-bond donors (Lipinski definition) is 1. The highest BCUT2D eigenvalue weighted by Crippen LogP contribution is 2.23. The zero-order chi connectivity index (χ0) is 15.6. The Labute approximate surface area is 122 Å². The van der Waals surface area contributed by atoms with Gasteiger partial charge in [-0.2, -0.15) is 0 Å². The fourth-order valence-corrected chi connectivity index (χ4v) is 2.38. The Kier molecular flexibility index (Phi) is 4.09. The van der Waals surface area contributed by atoms with E-state index in [4.69, 9.17) is 5.73 Å². The molecule has 6 heteroatoms. The van der Waals surface area contributed by atoms with Crippen molar-refractivity contribution in [3.05, 3.63) is 35.4 Å². The van der Waals surface area contributed by atoms with E-state index >= 15 is 0 Å². The molecule has 0 fully saturated rings. The summed E-state index contributed by atoms with van der Waals surface area (Å²) in [5.74, 6) is -1.11. The summed E-state index contributed by atoms with van der Waals surface area (Å²) in [6.07, 6.45) is 0.765. The number of carbonyl (C=O) groups is 3. The maximum Gasteiger partial charge on any atom is 0.325 e. The van der Waals surface area contributed by atoms with Crippen LogP contribution < -0.4 is 5.73 Å². The SMILES string of the molecule is COC(=O)C(C)(N)CCCN1C(=O)c2ccccc2C1=O. The minimum Gasteiger partial charge on any atom is -0.468 e. The molecule has 0 bridgehead atoms. The van der Waals surface area contributed by atoms with E-state index in [1.807, 2.05) is 0 Å². The van der Waals surface area contributed by atoms with E-state index in [0.29, 0.717) is 24.0 Å². The second kappa shape index (κ2) is 5.65. The molecule has 0 aromatic heterocycles. The molecule has 0 spiro atoms. The first kappa shape index (κ1) is 15.2. The maximum absolute atomic E-state index is 12.1. The fraction of sp³-hybridized carbons (Fsp3) is 0.400. The molecule has 2 rings (SSSR count). The Balaban J connectivity index is 1.99. The Hall–Kier alpha value is -2.21. The molecular formula is C15H18N2O4. The van der Waals surface area contributed by atoms with E-state index in [0.717, 1.165) is 0 Å². The Morgan fingerprint density at radius 1 is 1.24 bits per heavy atom. The van der Waals surface area contributed by atoms with Crippen molar-refractivity contribution in [3.63, 3.8) is 0 Å². The molecule has 1 heterocycles. The van der Waals surface area contributed by atoms with Crippen LogP contribution in [-0.2, 0) is 9.53 Å². The number of amides is 2. The summed E-state index contributed by atoms with van der Waals surface area (Å²) in [5, 5.41) is 0. The molecule has 1 unspecified atom stereocenters. The van der Waals surface area contributed by atoms with Crippen molar-refractivity contribution in [3.8, 4) is 0 Å². The van der Waals surface area contributed by atoms with Gasteiger partial charge in [0, 0.05) is 6.54 Å². The Morgan fingerprint density at radius 2 is 1.76 bits per heavy atom. The molecule has 1 aromatic carbocycles. The third kappa shape index (κ3) is 2.80. The van der Waals surface area contributed by atoms with Crippen molar-refractivity contribution >= 4 is 17.8 Å². The Morgan fingerprint density at radius 3 is 2.24 bits per heavy atom. The van der Waals surface area contributed by atoms with Crippen LogP contribution >= 0.6 is 0 Å². The van der Waals surface area contributed by atoms with Crippen LogP contribution in [0.3, 0.4) is 0 Å². The van der Waals surface area contributed by atoms with Gasteiger partial charge in [-0.1, -0.05) is 12.1 Å². The molecule has 2 amide bonds. The molecule has 2 N–H and O–H groups in total. The molecule has 1 aliphatic rings. The third-order valence-corrected chi connectivity index (χ3v) is 3.61. The molecule has 0 saturated heterocycles. The lowest BCUT2D eigenvalue weighted by atomic mass is 9.97. The number of carbonyl (C=O) groups excluding carboxylic acids is 3. The highest BCUT2D eigenvalue weighted by atomic mass is 16.5.